The van der Waals surface area contributed by atoms with Crippen LogP contribution < -0.4 is 5.73 Å². The lowest BCUT2D eigenvalue weighted by atomic mass is 10.0. The molecule has 5 heteroatoms. The van der Waals surface area contributed by atoms with Crippen molar-refractivity contribution in [3.05, 3.63) is 84.2 Å². The number of hydrogen-bond donors (Lipinski definition) is 1. The summed E-state index contributed by atoms with van der Waals surface area (Å²) in [5, 5.41) is 1.06. The minimum absolute atomic E-state index is 0.207. The quantitative estimate of drug-likeness (QED) is 0.603. The van der Waals surface area contributed by atoms with E-state index in [9.17, 15) is 4.79 Å². The molecule has 0 atom stereocenters. The van der Waals surface area contributed by atoms with Crippen molar-refractivity contribution in [3.63, 3.8) is 0 Å². The van der Waals surface area contributed by atoms with Gasteiger partial charge in [-0.1, -0.05) is 36.4 Å². The lowest BCUT2D eigenvalue weighted by Crippen LogP contribution is -2.06. The Morgan fingerprint density at radius 1 is 0.962 bits per heavy atom. The van der Waals surface area contributed by atoms with Gasteiger partial charge in [-0.2, -0.15) is 4.98 Å². The average molecular weight is 342 g/mol. The van der Waals surface area contributed by atoms with E-state index in [0.29, 0.717) is 12.8 Å². The molecule has 0 aliphatic heterocycles. The molecule has 4 aromatic rings. The number of Topliss-reactive ketones (excluding diaryl/α,β-unsaturated/α-hetero) is 1. The van der Waals surface area contributed by atoms with Crippen molar-refractivity contribution in [2.45, 2.75) is 12.8 Å². The van der Waals surface area contributed by atoms with Crippen molar-refractivity contribution in [2.75, 3.05) is 5.73 Å². The van der Waals surface area contributed by atoms with Crippen molar-refractivity contribution in [1.82, 2.24) is 14.5 Å². The summed E-state index contributed by atoms with van der Waals surface area (Å²) in [6, 6.07) is 19.7. The van der Waals surface area contributed by atoms with E-state index in [1.54, 1.807) is 6.20 Å². The number of aromatic nitrogens is 3. The maximum absolute atomic E-state index is 12.3. The largest absolute Gasteiger partial charge is 0.368 e. The topological polar surface area (TPSA) is 73.8 Å². The van der Waals surface area contributed by atoms with E-state index in [4.69, 9.17) is 5.73 Å². The highest BCUT2D eigenvalue weighted by Gasteiger charge is 2.09. The molecule has 5 nitrogen and oxygen atoms in total. The fourth-order valence-electron chi connectivity index (χ4n) is 3.11. The Hall–Kier alpha value is -3.47. The number of benzene rings is 2. The molecule has 0 saturated carbocycles. The third-order valence-electron chi connectivity index (χ3n) is 4.31. The normalized spacial score (nSPS) is 10.9. The van der Waals surface area contributed by atoms with Crippen molar-refractivity contribution >= 4 is 22.6 Å². The van der Waals surface area contributed by atoms with Gasteiger partial charge < -0.3 is 10.3 Å². The van der Waals surface area contributed by atoms with E-state index >= 15 is 0 Å². The van der Waals surface area contributed by atoms with Gasteiger partial charge in [0.25, 0.3) is 0 Å². The van der Waals surface area contributed by atoms with E-state index in [2.05, 4.69) is 16.0 Å². The van der Waals surface area contributed by atoms with Gasteiger partial charge in [0.05, 0.1) is 5.52 Å². The molecular formula is C21H18N4O. The first-order valence-electron chi connectivity index (χ1n) is 8.43. The van der Waals surface area contributed by atoms with Crippen molar-refractivity contribution in [2.24, 2.45) is 0 Å². The summed E-state index contributed by atoms with van der Waals surface area (Å²) in [6.45, 7) is 0. The summed E-state index contributed by atoms with van der Waals surface area (Å²) < 4.78 is 1.96. The molecule has 0 spiro atoms. The number of nitrogen functional groups attached to an aromatic ring is 1. The molecule has 2 aromatic carbocycles. The minimum atomic E-state index is 0.207. The van der Waals surface area contributed by atoms with Crippen LogP contribution in [0.5, 0.6) is 0 Å². The highest BCUT2D eigenvalue weighted by molar-refractivity contribution is 5.86. The zero-order valence-corrected chi connectivity index (χ0v) is 14.2. The van der Waals surface area contributed by atoms with Crippen molar-refractivity contribution < 1.29 is 4.79 Å². The van der Waals surface area contributed by atoms with Crippen molar-refractivity contribution in [3.8, 4) is 5.82 Å². The molecule has 0 aliphatic carbocycles. The van der Waals surface area contributed by atoms with Gasteiger partial charge >= 0.3 is 0 Å². The number of rotatable bonds is 5. The molecular weight excluding hydrogens is 324 g/mol. The van der Waals surface area contributed by atoms with Gasteiger partial charge in [-0.05, 0) is 35.4 Å². The Labute approximate surface area is 151 Å². The van der Waals surface area contributed by atoms with Gasteiger partial charge in [-0.25, -0.2) is 4.98 Å². The van der Waals surface area contributed by atoms with Gasteiger partial charge in [-0.3, -0.25) is 4.79 Å². The second-order valence-corrected chi connectivity index (χ2v) is 6.23. The van der Waals surface area contributed by atoms with E-state index < -0.39 is 0 Å². The van der Waals surface area contributed by atoms with Gasteiger partial charge in [-0.15, -0.1) is 0 Å². The second-order valence-electron chi connectivity index (χ2n) is 6.23. The van der Waals surface area contributed by atoms with Crippen LogP contribution >= 0.6 is 0 Å². The van der Waals surface area contributed by atoms with E-state index in [1.165, 1.54) is 0 Å². The summed E-state index contributed by atoms with van der Waals surface area (Å²) in [7, 11) is 0. The second kappa shape index (κ2) is 6.80. The fourth-order valence-corrected chi connectivity index (χ4v) is 3.11. The van der Waals surface area contributed by atoms with Gasteiger partial charge in [0.15, 0.2) is 0 Å². The average Bonchev–Trinajstić information content (AvgIpc) is 3.05. The Morgan fingerprint density at radius 3 is 2.58 bits per heavy atom. The zero-order chi connectivity index (χ0) is 17.9. The maximum Gasteiger partial charge on any atom is 0.221 e. The maximum atomic E-state index is 12.3. The number of fused-ring (bicyclic) bond motifs is 1. The van der Waals surface area contributed by atoms with Gasteiger partial charge in [0.2, 0.25) is 5.95 Å². The number of nitrogens with two attached hydrogens (primary N) is 1. The molecule has 128 valence electrons. The Balaban J connectivity index is 1.56. The van der Waals surface area contributed by atoms with Gasteiger partial charge in [0.1, 0.15) is 11.6 Å². The van der Waals surface area contributed by atoms with Crippen molar-refractivity contribution in [1.29, 1.82) is 0 Å². The monoisotopic (exact) mass is 342 g/mol. The summed E-state index contributed by atoms with van der Waals surface area (Å²) in [5.74, 6) is 1.17. The molecule has 4 rings (SSSR count). The number of carbonyl (C=O) groups is 1. The van der Waals surface area contributed by atoms with Crippen LogP contribution in [0.25, 0.3) is 16.7 Å². The Kier molecular flexibility index (Phi) is 4.19. The Bertz CT molecular complexity index is 1070. The highest BCUT2D eigenvalue weighted by atomic mass is 16.1. The lowest BCUT2D eigenvalue weighted by Gasteiger charge is -2.06. The Morgan fingerprint density at radius 2 is 1.77 bits per heavy atom. The molecule has 2 heterocycles. The highest BCUT2D eigenvalue weighted by Crippen LogP contribution is 2.21. The molecule has 0 amide bonds. The molecule has 0 bridgehead atoms. The standard InChI is InChI=1S/C21H18N4O/c22-21-23-10-8-20(24-21)25-11-9-17-12-16(6-7-19(17)25)14-18(26)13-15-4-2-1-3-5-15/h1-12H,13-14H2,(H2,22,23,24). The third kappa shape index (κ3) is 3.32. The summed E-state index contributed by atoms with van der Waals surface area (Å²) in [4.78, 5) is 20.5. The molecule has 0 unspecified atom stereocenters. The molecule has 2 N–H and O–H groups in total. The predicted molar refractivity (Wildman–Crippen MR) is 102 cm³/mol. The van der Waals surface area contributed by atoms with Crippen LogP contribution in [0.2, 0.25) is 0 Å². The molecule has 26 heavy (non-hydrogen) atoms. The van der Waals surface area contributed by atoms with Crippen LogP contribution in [0.1, 0.15) is 11.1 Å². The summed E-state index contributed by atoms with van der Waals surface area (Å²) >= 11 is 0. The number of carbonyl (C=O) groups excluding carboxylic acids is 1. The summed E-state index contributed by atoms with van der Waals surface area (Å²) in [6.07, 6.45) is 4.47. The molecule has 0 radical (unpaired) electrons. The van der Waals surface area contributed by atoms with E-state index in [1.807, 2.05) is 65.4 Å². The third-order valence-corrected chi connectivity index (χ3v) is 4.31. The minimum Gasteiger partial charge on any atom is -0.368 e. The smallest absolute Gasteiger partial charge is 0.221 e. The van der Waals surface area contributed by atoms with Crippen LogP contribution in [0.3, 0.4) is 0 Å². The van der Waals surface area contributed by atoms with Crippen LogP contribution in [-0.2, 0) is 17.6 Å². The fraction of sp³-hybridized carbons (Fsp3) is 0.0952. The first kappa shape index (κ1) is 16.0. The van der Waals surface area contributed by atoms with Gasteiger partial charge in [0, 0.05) is 30.6 Å². The SMILES string of the molecule is Nc1nccc(-n2ccc3cc(CC(=O)Cc4ccccc4)ccc32)n1. The number of hydrogen-bond acceptors (Lipinski definition) is 4. The van der Waals surface area contributed by atoms with Crippen LogP contribution in [0.15, 0.2) is 73.1 Å². The van der Waals surface area contributed by atoms with E-state index in [-0.39, 0.29) is 11.7 Å². The van der Waals surface area contributed by atoms with Crippen LogP contribution in [-0.4, -0.2) is 20.3 Å². The first-order chi connectivity index (χ1) is 12.7. The molecule has 2 aromatic heterocycles. The number of ketones is 1. The number of anilines is 1. The number of nitrogens with zero attached hydrogens (tertiary/aromatic N) is 3. The zero-order valence-electron chi connectivity index (χ0n) is 14.2. The predicted octanol–water partition coefficient (Wildman–Crippen LogP) is 3.36. The van der Waals surface area contributed by atoms with Crippen LogP contribution in [0, 0.1) is 0 Å². The molecule has 0 saturated heterocycles. The van der Waals surface area contributed by atoms with Crippen LogP contribution in [0.4, 0.5) is 5.95 Å². The molecule has 0 fully saturated rings. The lowest BCUT2D eigenvalue weighted by molar-refractivity contribution is -0.117. The molecule has 0 aliphatic rings. The first-order valence-corrected chi connectivity index (χ1v) is 8.43. The summed E-state index contributed by atoms with van der Waals surface area (Å²) in [5.41, 5.74) is 8.75. The van der Waals surface area contributed by atoms with E-state index in [0.717, 1.165) is 27.8 Å².